The number of hydrogen-bond donors (Lipinski definition) is 3. The summed E-state index contributed by atoms with van der Waals surface area (Å²) in [7, 11) is 1.66. The molecule has 0 saturated carbocycles. The van der Waals surface area contributed by atoms with Gasteiger partial charge in [-0.2, -0.15) is 0 Å². The standard InChI is InChI=1S/C14H26N4O2/c1-15-13(19)10-18-8-5-11(6-9-18)17-14(20)12-4-2-3-7-16-12/h11-12,16H,2-10H2,1H3,(H,15,19)(H,17,20)/t12-/m1/s1. The average molecular weight is 282 g/mol. The van der Waals surface area contributed by atoms with E-state index >= 15 is 0 Å². The molecule has 2 aliphatic rings. The first kappa shape index (κ1) is 15.3. The maximum absolute atomic E-state index is 12.1. The predicted octanol–water partition coefficient (Wildman–Crippen LogP) is -0.545. The molecule has 6 heteroatoms. The number of carbonyl (C=O) groups excluding carboxylic acids is 2. The highest BCUT2D eigenvalue weighted by molar-refractivity contribution is 5.82. The summed E-state index contributed by atoms with van der Waals surface area (Å²) in [6.45, 7) is 3.15. The fourth-order valence-corrected chi connectivity index (χ4v) is 2.89. The number of amides is 2. The molecule has 6 nitrogen and oxygen atoms in total. The second-order valence-corrected chi connectivity index (χ2v) is 5.73. The summed E-state index contributed by atoms with van der Waals surface area (Å²) >= 11 is 0. The molecule has 0 bridgehead atoms. The molecule has 0 aromatic rings. The van der Waals surface area contributed by atoms with Gasteiger partial charge in [0.05, 0.1) is 12.6 Å². The number of hydrogen-bond acceptors (Lipinski definition) is 4. The monoisotopic (exact) mass is 282 g/mol. The number of rotatable bonds is 4. The van der Waals surface area contributed by atoms with E-state index in [1.54, 1.807) is 7.05 Å². The first-order chi connectivity index (χ1) is 9.69. The molecule has 2 amide bonds. The van der Waals surface area contributed by atoms with Crippen molar-refractivity contribution in [1.29, 1.82) is 0 Å². The van der Waals surface area contributed by atoms with Crippen LogP contribution in [-0.4, -0.2) is 62.0 Å². The van der Waals surface area contributed by atoms with Gasteiger partial charge >= 0.3 is 0 Å². The first-order valence-electron chi connectivity index (χ1n) is 7.65. The van der Waals surface area contributed by atoms with Crippen molar-refractivity contribution in [2.75, 3.05) is 33.2 Å². The van der Waals surface area contributed by atoms with Crippen molar-refractivity contribution in [2.24, 2.45) is 0 Å². The molecule has 0 aromatic carbocycles. The van der Waals surface area contributed by atoms with Gasteiger partial charge in [0.25, 0.3) is 0 Å². The Morgan fingerprint density at radius 3 is 2.55 bits per heavy atom. The van der Waals surface area contributed by atoms with Crippen LogP contribution in [0.1, 0.15) is 32.1 Å². The Balaban J connectivity index is 1.68. The molecular weight excluding hydrogens is 256 g/mol. The smallest absolute Gasteiger partial charge is 0.237 e. The normalized spacial score (nSPS) is 25.1. The van der Waals surface area contributed by atoms with Gasteiger partial charge in [0.2, 0.25) is 11.8 Å². The zero-order valence-electron chi connectivity index (χ0n) is 12.3. The van der Waals surface area contributed by atoms with E-state index in [1.165, 1.54) is 6.42 Å². The summed E-state index contributed by atoms with van der Waals surface area (Å²) in [5.74, 6) is 0.202. The minimum absolute atomic E-state index is 0.00681. The summed E-state index contributed by atoms with van der Waals surface area (Å²) in [6.07, 6.45) is 5.10. The van der Waals surface area contributed by atoms with Gasteiger partial charge in [-0.25, -0.2) is 0 Å². The molecule has 2 saturated heterocycles. The maximum atomic E-state index is 12.1. The predicted molar refractivity (Wildman–Crippen MR) is 77.3 cm³/mol. The van der Waals surface area contributed by atoms with Gasteiger partial charge < -0.3 is 16.0 Å². The Morgan fingerprint density at radius 1 is 1.20 bits per heavy atom. The number of piperidine rings is 2. The number of nitrogens with zero attached hydrogens (tertiary/aromatic N) is 1. The molecule has 3 N–H and O–H groups in total. The molecule has 2 aliphatic heterocycles. The molecule has 0 unspecified atom stereocenters. The third-order valence-corrected chi connectivity index (χ3v) is 4.21. The number of likely N-dealkylation sites (tertiary alicyclic amines) is 1. The van der Waals surface area contributed by atoms with Crippen LogP contribution in [0.2, 0.25) is 0 Å². The Hall–Kier alpha value is -1.14. The molecule has 1 atom stereocenters. The van der Waals surface area contributed by atoms with E-state index in [2.05, 4.69) is 20.9 Å². The molecule has 0 spiro atoms. The fourth-order valence-electron chi connectivity index (χ4n) is 2.89. The number of carbonyl (C=O) groups is 2. The van der Waals surface area contributed by atoms with E-state index in [4.69, 9.17) is 0 Å². The Labute approximate surface area is 120 Å². The molecule has 114 valence electrons. The van der Waals surface area contributed by atoms with Crippen LogP contribution in [0.25, 0.3) is 0 Å². The van der Waals surface area contributed by atoms with Crippen molar-refractivity contribution < 1.29 is 9.59 Å². The minimum atomic E-state index is -0.00681. The summed E-state index contributed by atoms with van der Waals surface area (Å²) < 4.78 is 0. The van der Waals surface area contributed by atoms with Crippen LogP contribution in [0.4, 0.5) is 0 Å². The van der Waals surface area contributed by atoms with Crippen LogP contribution < -0.4 is 16.0 Å². The summed E-state index contributed by atoms with van der Waals surface area (Å²) in [5, 5.41) is 9.06. The number of likely N-dealkylation sites (N-methyl/N-ethyl adjacent to an activating group) is 1. The summed E-state index contributed by atoms with van der Waals surface area (Å²) in [5.41, 5.74) is 0. The van der Waals surface area contributed by atoms with Gasteiger partial charge in [-0.05, 0) is 32.2 Å². The third-order valence-electron chi connectivity index (χ3n) is 4.21. The van der Waals surface area contributed by atoms with Crippen molar-refractivity contribution in [3.8, 4) is 0 Å². The van der Waals surface area contributed by atoms with Gasteiger partial charge in [0.15, 0.2) is 0 Å². The lowest BCUT2D eigenvalue weighted by atomic mass is 10.0. The zero-order chi connectivity index (χ0) is 14.4. The molecule has 2 fully saturated rings. The second-order valence-electron chi connectivity index (χ2n) is 5.73. The SMILES string of the molecule is CNC(=O)CN1CCC(NC(=O)[C@H]2CCCCN2)CC1. The van der Waals surface area contributed by atoms with Crippen LogP contribution >= 0.6 is 0 Å². The fraction of sp³-hybridized carbons (Fsp3) is 0.857. The third kappa shape index (κ3) is 4.45. The lowest BCUT2D eigenvalue weighted by Gasteiger charge is -2.33. The Bertz CT molecular complexity index is 334. The van der Waals surface area contributed by atoms with Crippen molar-refractivity contribution in [2.45, 2.75) is 44.2 Å². The molecule has 2 heterocycles. The highest BCUT2D eigenvalue weighted by Gasteiger charge is 2.25. The van der Waals surface area contributed by atoms with Crippen molar-refractivity contribution in [1.82, 2.24) is 20.9 Å². The van der Waals surface area contributed by atoms with Crippen LogP contribution in [0.3, 0.4) is 0 Å². The van der Waals surface area contributed by atoms with E-state index in [0.29, 0.717) is 6.54 Å². The van der Waals surface area contributed by atoms with Gasteiger partial charge in [0, 0.05) is 26.2 Å². The van der Waals surface area contributed by atoms with Crippen LogP contribution in [0, 0.1) is 0 Å². The van der Waals surface area contributed by atoms with E-state index in [9.17, 15) is 9.59 Å². The number of nitrogens with one attached hydrogen (secondary N) is 3. The average Bonchev–Trinajstić information content (AvgIpc) is 2.50. The molecule has 20 heavy (non-hydrogen) atoms. The van der Waals surface area contributed by atoms with E-state index in [0.717, 1.165) is 45.3 Å². The second kappa shape index (κ2) is 7.59. The summed E-state index contributed by atoms with van der Waals surface area (Å²) in [4.78, 5) is 25.6. The van der Waals surface area contributed by atoms with Gasteiger partial charge in [-0.3, -0.25) is 14.5 Å². The molecular formula is C14H26N4O2. The minimum Gasteiger partial charge on any atom is -0.358 e. The van der Waals surface area contributed by atoms with Gasteiger partial charge in [0.1, 0.15) is 0 Å². The molecule has 0 radical (unpaired) electrons. The largest absolute Gasteiger partial charge is 0.358 e. The van der Waals surface area contributed by atoms with Crippen molar-refractivity contribution >= 4 is 11.8 Å². The van der Waals surface area contributed by atoms with E-state index < -0.39 is 0 Å². The topological polar surface area (TPSA) is 73.5 Å². The molecule has 2 rings (SSSR count). The first-order valence-corrected chi connectivity index (χ1v) is 7.65. The highest BCUT2D eigenvalue weighted by Crippen LogP contribution is 2.12. The van der Waals surface area contributed by atoms with Crippen LogP contribution in [0.5, 0.6) is 0 Å². The Morgan fingerprint density at radius 2 is 1.95 bits per heavy atom. The van der Waals surface area contributed by atoms with Gasteiger partial charge in [-0.15, -0.1) is 0 Å². The lowest BCUT2D eigenvalue weighted by molar-refractivity contribution is -0.125. The van der Waals surface area contributed by atoms with E-state index in [-0.39, 0.29) is 23.9 Å². The van der Waals surface area contributed by atoms with E-state index in [1.807, 2.05) is 0 Å². The Kier molecular flexibility index (Phi) is 5.79. The quantitative estimate of drug-likeness (QED) is 0.647. The van der Waals surface area contributed by atoms with Gasteiger partial charge in [-0.1, -0.05) is 6.42 Å². The zero-order valence-corrected chi connectivity index (χ0v) is 12.3. The van der Waals surface area contributed by atoms with Crippen LogP contribution in [-0.2, 0) is 9.59 Å². The highest BCUT2D eigenvalue weighted by atomic mass is 16.2. The van der Waals surface area contributed by atoms with Crippen LogP contribution in [0.15, 0.2) is 0 Å². The van der Waals surface area contributed by atoms with Crippen molar-refractivity contribution in [3.05, 3.63) is 0 Å². The van der Waals surface area contributed by atoms with Crippen molar-refractivity contribution in [3.63, 3.8) is 0 Å². The maximum Gasteiger partial charge on any atom is 0.237 e. The molecule has 0 aliphatic carbocycles. The lowest BCUT2D eigenvalue weighted by Crippen LogP contribution is -2.52. The summed E-state index contributed by atoms with van der Waals surface area (Å²) in [6, 6.07) is 0.250. The molecule has 0 aromatic heterocycles.